The Hall–Kier alpha value is -2.83. The molecule has 0 atom stereocenters. The van der Waals surface area contributed by atoms with E-state index in [1.54, 1.807) is 36.7 Å². The Labute approximate surface area is 188 Å². The second-order valence-electron chi connectivity index (χ2n) is 6.17. The van der Waals surface area contributed by atoms with Gasteiger partial charge in [-0.3, -0.25) is 9.97 Å². The predicted molar refractivity (Wildman–Crippen MR) is 124 cm³/mol. The number of hydrogen-bond acceptors (Lipinski definition) is 4. The van der Waals surface area contributed by atoms with Crippen LogP contribution < -0.4 is 3.58 Å². The Bertz CT molecular complexity index is 1130. The zero-order chi connectivity index (χ0) is 21.2. The molecule has 0 unspecified atom stereocenters. The number of fused-ring (bicyclic) bond motifs is 2. The summed E-state index contributed by atoms with van der Waals surface area (Å²) in [4.78, 5) is 8.06. The predicted octanol–water partition coefficient (Wildman–Crippen LogP) is 5.05. The third-order valence-electron chi connectivity index (χ3n) is 4.11. The summed E-state index contributed by atoms with van der Waals surface area (Å²) < 4.78 is 1.35. The first-order chi connectivity index (χ1) is 14.7. The van der Waals surface area contributed by atoms with Crippen LogP contribution in [0.5, 0.6) is 11.5 Å². The topological polar surface area (TPSA) is 66.2 Å². The van der Waals surface area contributed by atoms with E-state index in [0.717, 1.165) is 10.8 Å². The number of pyridine rings is 2. The average Bonchev–Trinajstić information content (AvgIpc) is 2.81. The van der Waals surface area contributed by atoms with E-state index >= 15 is 0 Å². The van der Waals surface area contributed by atoms with Crippen LogP contribution in [0.25, 0.3) is 21.8 Å². The van der Waals surface area contributed by atoms with Crippen molar-refractivity contribution in [3.63, 3.8) is 0 Å². The number of aromatic hydroxyl groups is 2. The van der Waals surface area contributed by atoms with Crippen LogP contribution in [-0.2, 0) is 0 Å². The van der Waals surface area contributed by atoms with Crippen molar-refractivity contribution in [3.8, 4) is 11.5 Å². The number of nitrogens with zero attached hydrogens (tertiary/aromatic N) is 2. The van der Waals surface area contributed by atoms with Gasteiger partial charge in [-0.05, 0) is 24.3 Å². The van der Waals surface area contributed by atoms with Crippen molar-refractivity contribution in [2.45, 2.75) is 0 Å². The molecule has 6 heteroatoms. The van der Waals surface area contributed by atoms with Crippen molar-refractivity contribution in [1.82, 2.24) is 9.97 Å². The van der Waals surface area contributed by atoms with E-state index in [4.69, 9.17) is 8.92 Å². The van der Waals surface area contributed by atoms with Gasteiger partial charge in [0.25, 0.3) is 0 Å². The van der Waals surface area contributed by atoms with Crippen LogP contribution in [0.4, 0.5) is 0 Å². The molecule has 0 bridgehead atoms. The molecule has 5 aromatic rings. The van der Waals surface area contributed by atoms with Crippen molar-refractivity contribution in [2.24, 2.45) is 0 Å². The van der Waals surface area contributed by atoms with Crippen LogP contribution in [0.2, 0.25) is 0 Å². The Morgan fingerprint density at radius 2 is 1.03 bits per heavy atom. The first-order valence-corrected chi connectivity index (χ1v) is 14.2. The van der Waals surface area contributed by atoms with Crippen LogP contribution in [0, 0.1) is 0 Å². The monoisotopic (exact) mass is 522 g/mol. The van der Waals surface area contributed by atoms with E-state index in [1.165, 1.54) is 3.58 Å². The average molecular weight is 522 g/mol. The van der Waals surface area contributed by atoms with Crippen molar-refractivity contribution in [2.75, 3.05) is 0 Å². The first kappa shape index (κ1) is 21.9. The molecule has 3 aromatic carbocycles. The summed E-state index contributed by atoms with van der Waals surface area (Å²) in [6.07, 6.45) is 3.34. The molecule has 5 rings (SSSR count). The minimum absolute atomic E-state index is 0.239. The summed E-state index contributed by atoms with van der Waals surface area (Å²) >= 11 is -0.671. The van der Waals surface area contributed by atoms with Gasteiger partial charge in [0.1, 0.15) is 22.5 Å². The molecule has 0 fully saturated rings. The summed E-state index contributed by atoms with van der Waals surface area (Å²) in [6.45, 7) is 0. The summed E-state index contributed by atoms with van der Waals surface area (Å²) in [6, 6.07) is 28.5. The molecule has 30 heavy (non-hydrogen) atoms. The summed E-state index contributed by atoms with van der Waals surface area (Å²) in [5.41, 5.74) is 1.32. The van der Waals surface area contributed by atoms with E-state index in [0.29, 0.717) is 11.0 Å². The SMILES string of the molecule is Oc1cccc2cccnc12.Oc1cccc2cccnc12.[Cl][Sn][c]1ccccc1. The van der Waals surface area contributed by atoms with Crippen LogP contribution in [0.3, 0.4) is 0 Å². The number of phenols is 2. The van der Waals surface area contributed by atoms with Gasteiger partial charge in [-0.25, -0.2) is 0 Å². The Balaban J connectivity index is 0.000000130. The van der Waals surface area contributed by atoms with E-state index in [9.17, 15) is 10.2 Å². The van der Waals surface area contributed by atoms with E-state index in [1.807, 2.05) is 54.6 Å². The van der Waals surface area contributed by atoms with E-state index in [-0.39, 0.29) is 11.5 Å². The van der Waals surface area contributed by atoms with Gasteiger partial charge in [-0.1, -0.05) is 36.4 Å². The van der Waals surface area contributed by atoms with Crippen LogP contribution in [-0.4, -0.2) is 40.2 Å². The van der Waals surface area contributed by atoms with Crippen LogP contribution in [0.1, 0.15) is 0 Å². The molecule has 0 saturated heterocycles. The van der Waals surface area contributed by atoms with Crippen LogP contribution in [0.15, 0.2) is 103 Å². The molecule has 2 N–H and O–H groups in total. The molecule has 2 aromatic heterocycles. The second kappa shape index (κ2) is 11.4. The van der Waals surface area contributed by atoms with Gasteiger partial charge in [0.2, 0.25) is 0 Å². The van der Waals surface area contributed by atoms with Gasteiger partial charge in [-0.15, -0.1) is 0 Å². The molecule has 2 heterocycles. The van der Waals surface area contributed by atoms with Crippen molar-refractivity contribution < 1.29 is 10.2 Å². The van der Waals surface area contributed by atoms with E-state index < -0.39 is 20.0 Å². The third kappa shape index (κ3) is 6.08. The van der Waals surface area contributed by atoms with E-state index in [2.05, 4.69) is 22.1 Å². The quantitative estimate of drug-likeness (QED) is 0.303. The molecule has 0 amide bonds. The molecule has 148 valence electrons. The molecule has 0 aliphatic carbocycles. The molecular formula is C24H19ClN2O2Sn. The molecule has 4 nitrogen and oxygen atoms in total. The number of phenolic OH excluding ortho intramolecular Hbond substituents is 2. The molecule has 2 radical (unpaired) electrons. The Kier molecular flexibility index (Phi) is 8.29. The maximum absolute atomic E-state index is 9.31. The van der Waals surface area contributed by atoms with Gasteiger partial charge < -0.3 is 10.2 Å². The molecule has 0 aliphatic rings. The first-order valence-electron chi connectivity index (χ1n) is 9.16. The van der Waals surface area contributed by atoms with Crippen LogP contribution >= 0.6 is 8.92 Å². The van der Waals surface area contributed by atoms with Gasteiger partial charge >= 0.3 is 62.8 Å². The summed E-state index contributed by atoms with van der Waals surface area (Å²) in [7, 11) is 5.70. The number of rotatable bonds is 1. The zero-order valence-corrected chi connectivity index (χ0v) is 19.6. The van der Waals surface area contributed by atoms with Gasteiger partial charge in [0.15, 0.2) is 0 Å². The number of halogens is 1. The minimum atomic E-state index is -0.671. The molecule has 0 aliphatic heterocycles. The van der Waals surface area contributed by atoms with Crippen molar-refractivity contribution in [3.05, 3.63) is 103 Å². The third-order valence-corrected chi connectivity index (χ3v) is 7.14. The molecule has 0 saturated carbocycles. The van der Waals surface area contributed by atoms with Gasteiger partial charge in [-0.2, -0.15) is 0 Å². The summed E-state index contributed by atoms with van der Waals surface area (Å²) in [5.74, 6) is 0.478. The second-order valence-corrected chi connectivity index (χ2v) is 9.62. The molecular weight excluding hydrogens is 502 g/mol. The standard InChI is InChI=1S/2C9H7NO.C6H5.ClH.Sn/c2*11-8-5-1-3-7-4-2-6-10-9(7)8;1-2-4-6-5-3-1;;/h2*1-6,11H;1-5H;1H;/q;;;;+1/p-1. The summed E-state index contributed by atoms with van der Waals surface area (Å²) in [5, 5.41) is 20.5. The number of para-hydroxylation sites is 2. The number of aromatic nitrogens is 2. The Morgan fingerprint density at radius 1 is 0.567 bits per heavy atom. The normalized spacial score (nSPS) is 9.90. The van der Waals surface area contributed by atoms with Crippen molar-refractivity contribution >= 4 is 54.3 Å². The molecule has 0 spiro atoms. The van der Waals surface area contributed by atoms with Gasteiger partial charge in [0, 0.05) is 23.2 Å². The fourth-order valence-electron chi connectivity index (χ4n) is 2.68. The van der Waals surface area contributed by atoms with Crippen molar-refractivity contribution in [1.29, 1.82) is 0 Å². The van der Waals surface area contributed by atoms with Gasteiger partial charge in [0.05, 0.1) is 0 Å². The number of benzene rings is 3. The fraction of sp³-hybridized carbons (Fsp3) is 0. The Morgan fingerprint density at radius 3 is 1.43 bits per heavy atom. The maximum atomic E-state index is 9.31. The zero-order valence-electron chi connectivity index (χ0n) is 16.0. The number of hydrogen-bond donors (Lipinski definition) is 2. The fourth-order valence-corrected chi connectivity index (χ4v) is 4.43.